The number of alkyl halides is 2. The average molecular weight is 161 g/mol. The second-order valence-corrected chi connectivity index (χ2v) is 4.08. The van der Waals surface area contributed by atoms with Crippen molar-refractivity contribution in [3.05, 3.63) is 6.92 Å². The topological polar surface area (TPSA) is 0 Å². The number of hydrogen-bond donors (Lipinski definition) is 0. The minimum Gasteiger partial charge on any atom is -0.206 e. The Bertz CT molecular complexity index is 140. The summed E-state index contributed by atoms with van der Waals surface area (Å²) in [6.07, 6.45) is 1.92. The van der Waals surface area contributed by atoms with Crippen LogP contribution in [0.5, 0.6) is 0 Å². The van der Waals surface area contributed by atoms with Crippen LogP contribution in [0, 0.1) is 18.3 Å². The Balaban J connectivity index is 2.54. The van der Waals surface area contributed by atoms with Crippen molar-refractivity contribution in [2.75, 3.05) is 0 Å². The van der Waals surface area contributed by atoms with Crippen LogP contribution in [0.3, 0.4) is 0 Å². The number of halogens is 2. The first-order valence-electron chi connectivity index (χ1n) is 4.11. The van der Waals surface area contributed by atoms with Gasteiger partial charge in [-0.1, -0.05) is 13.8 Å². The molecule has 0 N–H and O–H groups in total. The van der Waals surface area contributed by atoms with Crippen LogP contribution in [0.2, 0.25) is 0 Å². The van der Waals surface area contributed by atoms with Gasteiger partial charge in [0, 0.05) is 12.3 Å². The van der Waals surface area contributed by atoms with Gasteiger partial charge < -0.3 is 0 Å². The first-order valence-corrected chi connectivity index (χ1v) is 4.11. The molecule has 0 atom stereocenters. The maximum Gasteiger partial charge on any atom is 0.253 e. The normalized spacial score (nSPS) is 22.4. The van der Waals surface area contributed by atoms with E-state index in [1.54, 1.807) is 0 Å². The zero-order chi connectivity index (χ0) is 8.70. The average Bonchev–Trinajstić information content (AvgIpc) is 2.42. The van der Waals surface area contributed by atoms with Crippen LogP contribution < -0.4 is 0 Å². The Hall–Kier alpha value is -0.140. The Kier molecular flexibility index (Phi) is 1.97. The fourth-order valence-corrected chi connectivity index (χ4v) is 1.65. The molecule has 2 heteroatoms. The van der Waals surface area contributed by atoms with Crippen molar-refractivity contribution in [3.63, 3.8) is 0 Å². The first-order chi connectivity index (χ1) is 4.87. The quantitative estimate of drug-likeness (QED) is 0.595. The minimum absolute atomic E-state index is 0.352. The fraction of sp³-hybridized carbons (Fsp3) is 0.889. The monoisotopic (exact) mass is 161 g/mol. The molecular formula is C9H15F2. The summed E-state index contributed by atoms with van der Waals surface area (Å²) in [7, 11) is 0. The van der Waals surface area contributed by atoms with Gasteiger partial charge in [-0.25, -0.2) is 8.78 Å². The summed E-state index contributed by atoms with van der Waals surface area (Å²) < 4.78 is 25.6. The van der Waals surface area contributed by atoms with E-state index in [0.29, 0.717) is 25.2 Å². The highest BCUT2D eigenvalue weighted by Crippen LogP contribution is 2.60. The predicted octanol–water partition coefficient (Wildman–Crippen LogP) is 3.28. The molecule has 0 aromatic heterocycles. The molecule has 1 fully saturated rings. The third kappa shape index (κ3) is 1.71. The smallest absolute Gasteiger partial charge is 0.206 e. The highest BCUT2D eigenvalue weighted by atomic mass is 19.3. The second kappa shape index (κ2) is 2.43. The molecule has 1 aliphatic rings. The van der Waals surface area contributed by atoms with E-state index in [1.165, 1.54) is 0 Å². The van der Waals surface area contributed by atoms with Gasteiger partial charge in [0.2, 0.25) is 0 Å². The van der Waals surface area contributed by atoms with E-state index in [0.717, 1.165) is 0 Å². The van der Waals surface area contributed by atoms with Gasteiger partial charge in [0.05, 0.1) is 0 Å². The SMILES string of the molecule is [CH2]C(F)(F)C1(CC(C)C)CC1. The summed E-state index contributed by atoms with van der Waals surface area (Å²) in [5.41, 5.74) is -0.735. The number of rotatable bonds is 3. The van der Waals surface area contributed by atoms with Gasteiger partial charge in [0.1, 0.15) is 0 Å². The zero-order valence-corrected chi connectivity index (χ0v) is 7.16. The molecule has 1 rings (SSSR count). The summed E-state index contributed by atoms with van der Waals surface area (Å²) >= 11 is 0. The molecule has 0 aliphatic heterocycles. The van der Waals surface area contributed by atoms with Crippen molar-refractivity contribution >= 4 is 0 Å². The van der Waals surface area contributed by atoms with E-state index < -0.39 is 11.3 Å². The lowest BCUT2D eigenvalue weighted by molar-refractivity contribution is -0.0364. The Labute approximate surface area is 67.0 Å². The standard InChI is InChI=1S/C9H15F2/c1-7(2)6-9(4-5-9)8(3,10)11/h7H,3-6H2,1-2H3. The van der Waals surface area contributed by atoms with Gasteiger partial charge in [-0.3, -0.25) is 0 Å². The molecule has 0 bridgehead atoms. The van der Waals surface area contributed by atoms with Crippen molar-refractivity contribution < 1.29 is 8.78 Å². The molecular weight excluding hydrogens is 146 g/mol. The maximum atomic E-state index is 12.8. The number of hydrogen-bond acceptors (Lipinski definition) is 0. The third-order valence-corrected chi connectivity index (χ3v) is 2.43. The lowest BCUT2D eigenvalue weighted by atomic mass is 9.89. The predicted molar refractivity (Wildman–Crippen MR) is 41.4 cm³/mol. The highest BCUT2D eigenvalue weighted by Gasteiger charge is 2.58. The molecule has 11 heavy (non-hydrogen) atoms. The van der Waals surface area contributed by atoms with E-state index in [9.17, 15) is 8.78 Å². The molecule has 0 saturated heterocycles. The van der Waals surface area contributed by atoms with Gasteiger partial charge in [-0.05, 0) is 25.2 Å². The van der Waals surface area contributed by atoms with Crippen molar-refractivity contribution in [2.24, 2.45) is 11.3 Å². The van der Waals surface area contributed by atoms with Crippen LogP contribution in [0.1, 0.15) is 33.1 Å². The van der Waals surface area contributed by atoms with Crippen LogP contribution in [0.25, 0.3) is 0 Å². The van der Waals surface area contributed by atoms with Gasteiger partial charge in [-0.15, -0.1) is 0 Å². The molecule has 0 nitrogen and oxygen atoms in total. The summed E-state index contributed by atoms with van der Waals surface area (Å²) in [4.78, 5) is 0. The summed E-state index contributed by atoms with van der Waals surface area (Å²) in [6, 6.07) is 0. The van der Waals surface area contributed by atoms with Crippen molar-refractivity contribution in [3.8, 4) is 0 Å². The van der Waals surface area contributed by atoms with E-state index >= 15 is 0 Å². The third-order valence-electron chi connectivity index (χ3n) is 2.43. The molecule has 0 heterocycles. The Morgan fingerprint density at radius 3 is 2.00 bits per heavy atom. The Morgan fingerprint density at radius 2 is 1.91 bits per heavy atom. The maximum absolute atomic E-state index is 12.8. The molecule has 65 valence electrons. The van der Waals surface area contributed by atoms with Crippen LogP contribution in [-0.4, -0.2) is 5.92 Å². The lowest BCUT2D eigenvalue weighted by Gasteiger charge is -2.24. The molecule has 1 radical (unpaired) electrons. The van der Waals surface area contributed by atoms with Gasteiger partial charge in [-0.2, -0.15) is 0 Å². The van der Waals surface area contributed by atoms with E-state index in [4.69, 9.17) is 0 Å². The molecule has 0 amide bonds. The molecule has 1 saturated carbocycles. The summed E-state index contributed by atoms with van der Waals surface area (Å²) in [6.45, 7) is 6.88. The van der Waals surface area contributed by atoms with Gasteiger partial charge in [0.15, 0.2) is 0 Å². The van der Waals surface area contributed by atoms with Crippen LogP contribution in [0.15, 0.2) is 0 Å². The van der Waals surface area contributed by atoms with Crippen molar-refractivity contribution in [1.29, 1.82) is 0 Å². The minimum atomic E-state index is -2.71. The van der Waals surface area contributed by atoms with Crippen molar-refractivity contribution in [1.82, 2.24) is 0 Å². The van der Waals surface area contributed by atoms with Gasteiger partial charge >= 0.3 is 0 Å². The van der Waals surface area contributed by atoms with E-state index in [2.05, 4.69) is 6.92 Å². The summed E-state index contributed by atoms with van der Waals surface area (Å²) in [5, 5.41) is 0. The molecule has 0 unspecified atom stereocenters. The highest BCUT2D eigenvalue weighted by molar-refractivity contribution is 5.04. The first kappa shape index (κ1) is 8.95. The summed E-state index contributed by atoms with van der Waals surface area (Å²) in [5.74, 6) is -2.36. The van der Waals surface area contributed by atoms with Crippen LogP contribution in [-0.2, 0) is 0 Å². The molecule has 1 aliphatic carbocycles. The lowest BCUT2D eigenvalue weighted by Crippen LogP contribution is -2.27. The fourth-order valence-electron chi connectivity index (χ4n) is 1.65. The zero-order valence-electron chi connectivity index (χ0n) is 7.16. The Morgan fingerprint density at radius 1 is 1.45 bits per heavy atom. The van der Waals surface area contributed by atoms with Crippen LogP contribution >= 0.6 is 0 Å². The van der Waals surface area contributed by atoms with E-state index in [-0.39, 0.29) is 0 Å². The molecule has 0 aromatic carbocycles. The van der Waals surface area contributed by atoms with Crippen LogP contribution in [0.4, 0.5) is 8.78 Å². The molecule has 0 spiro atoms. The largest absolute Gasteiger partial charge is 0.253 e. The second-order valence-electron chi connectivity index (χ2n) is 4.08. The van der Waals surface area contributed by atoms with Crippen molar-refractivity contribution in [2.45, 2.75) is 39.0 Å². The van der Waals surface area contributed by atoms with Gasteiger partial charge in [0.25, 0.3) is 5.92 Å². The van der Waals surface area contributed by atoms with E-state index in [1.807, 2.05) is 13.8 Å². The molecule has 0 aromatic rings.